The first-order valence-corrected chi connectivity index (χ1v) is 4.70. The summed E-state index contributed by atoms with van der Waals surface area (Å²) in [6.07, 6.45) is 1.58. The molecule has 15 heavy (non-hydrogen) atoms. The molecule has 0 unspecified atom stereocenters. The van der Waals surface area contributed by atoms with Crippen molar-refractivity contribution in [3.05, 3.63) is 29.6 Å². The maximum Gasteiger partial charge on any atom is 0.272 e. The van der Waals surface area contributed by atoms with Crippen LogP contribution in [0.5, 0.6) is 0 Å². The molecule has 82 valence electrons. The lowest BCUT2D eigenvalue weighted by molar-refractivity contribution is 0.0761. The van der Waals surface area contributed by atoms with E-state index in [-0.39, 0.29) is 12.5 Å². The van der Waals surface area contributed by atoms with Gasteiger partial charge in [-0.2, -0.15) is 0 Å². The minimum atomic E-state index is -0.201. The van der Waals surface area contributed by atoms with Crippen LogP contribution in [0.2, 0.25) is 0 Å². The summed E-state index contributed by atoms with van der Waals surface area (Å²) >= 11 is 0. The van der Waals surface area contributed by atoms with E-state index in [1.807, 2.05) is 0 Å². The van der Waals surface area contributed by atoms with Crippen molar-refractivity contribution in [3.8, 4) is 0 Å². The van der Waals surface area contributed by atoms with Crippen LogP contribution in [0.1, 0.15) is 16.1 Å². The van der Waals surface area contributed by atoms with Crippen molar-refractivity contribution < 1.29 is 9.90 Å². The molecular weight excluding hydrogens is 194 g/mol. The smallest absolute Gasteiger partial charge is 0.272 e. The molecule has 1 heterocycles. The molecule has 3 N–H and O–H groups in total. The number of aliphatic hydroxyl groups excluding tert-OH is 1. The van der Waals surface area contributed by atoms with E-state index in [0.717, 1.165) is 5.56 Å². The zero-order valence-corrected chi connectivity index (χ0v) is 8.68. The van der Waals surface area contributed by atoms with Gasteiger partial charge in [-0.3, -0.25) is 9.78 Å². The first kappa shape index (κ1) is 11.6. The van der Waals surface area contributed by atoms with Crippen molar-refractivity contribution in [1.29, 1.82) is 0 Å². The van der Waals surface area contributed by atoms with Gasteiger partial charge in [0.05, 0.1) is 6.61 Å². The SMILES string of the molecule is CN(CCO)C(=O)c1ccc(CN)cn1. The largest absolute Gasteiger partial charge is 0.395 e. The summed E-state index contributed by atoms with van der Waals surface area (Å²) in [5, 5.41) is 8.68. The maximum atomic E-state index is 11.7. The number of nitrogens with two attached hydrogens (primary N) is 1. The Morgan fingerprint density at radius 3 is 2.80 bits per heavy atom. The van der Waals surface area contributed by atoms with E-state index >= 15 is 0 Å². The number of nitrogens with zero attached hydrogens (tertiary/aromatic N) is 2. The minimum Gasteiger partial charge on any atom is -0.395 e. The van der Waals surface area contributed by atoms with Crippen molar-refractivity contribution in [2.45, 2.75) is 6.54 Å². The van der Waals surface area contributed by atoms with Crippen LogP contribution < -0.4 is 5.73 Å². The molecule has 0 radical (unpaired) electrons. The summed E-state index contributed by atoms with van der Waals surface area (Å²) in [6.45, 7) is 0.663. The average molecular weight is 209 g/mol. The Kier molecular flexibility index (Phi) is 4.20. The van der Waals surface area contributed by atoms with Gasteiger partial charge in [0.15, 0.2) is 0 Å². The maximum absolute atomic E-state index is 11.7. The lowest BCUT2D eigenvalue weighted by atomic mass is 10.2. The fraction of sp³-hybridized carbons (Fsp3) is 0.400. The Morgan fingerprint density at radius 2 is 2.33 bits per heavy atom. The zero-order chi connectivity index (χ0) is 11.3. The molecule has 1 aromatic heterocycles. The second-order valence-electron chi connectivity index (χ2n) is 3.21. The summed E-state index contributed by atoms with van der Waals surface area (Å²) < 4.78 is 0. The summed E-state index contributed by atoms with van der Waals surface area (Å²) in [5.41, 5.74) is 6.66. The summed E-state index contributed by atoms with van der Waals surface area (Å²) in [5.74, 6) is -0.201. The highest BCUT2D eigenvalue weighted by molar-refractivity contribution is 5.92. The molecule has 0 bridgehead atoms. The molecule has 0 fully saturated rings. The molecular formula is C10H15N3O2. The highest BCUT2D eigenvalue weighted by Crippen LogP contribution is 2.02. The molecule has 1 rings (SSSR count). The molecule has 1 amide bonds. The van der Waals surface area contributed by atoms with Crippen LogP contribution in [0.4, 0.5) is 0 Å². The summed E-state index contributed by atoms with van der Waals surface area (Å²) in [6, 6.07) is 3.41. The second kappa shape index (κ2) is 5.43. The van der Waals surface area contributed by atoms with Gasteiger partial charge >= 0.3 is 0 Å². The molecule has 0 aliphatic carbocycles. The fourth-order valence-corrected chi connectivity index (χ4v) is 1.12. The van der Waals surface area contributed by atoms with Gasteiger partial charge in [-0.1, -0.05) is 6.07 Å². The highest BCUT2D eigenvalue weighted by atomic mass is 16.3. The summed E-state index contributed by atoms with van der Waals surface area (Å²) in [4.78, 5) is 17.1. The zero-order valence-electron chi connectivity index (χ0n) is 8.68. The molecule has 0 saturated carbocycles. The van der Waals surface area contributed by atoms with Gasteiger partial charge in [-0.15, -0.1) is 0 Å². The van der Waals surface area contributed by atoms with E-state index < -0.39 is 0 Å². The normalized spacial score (nSPS) is 10.1. The van der Waals surface area contributed by atoms with Gasteiger partial charge in [-0.25, -0.2) is 0 Å². The third-order valence-electron chi connectivity index (χ3n) is 2.06. The molecule has 0 aromatic carbocycles. The van der Waals surface area contributed by atoms with Gasteiger partial charge in [0.1, 0.15) is 5.69 Å². The van der Waals surface area contributed by atoms with Gasteiger partial charge in [-0.05, 0) is 11.6 Å². The molecule has 1 aromatic rings. The molecule has 0 aliphatic rings. The number of amides is 1. The van der Waals surface area contributed by atoms with Crippen LogP contribution in [0, 0.1) is 0 Å². The van der Waals surface area contributed by atoms with E-state index in [2.05, 4.69) is 4.98 Å². The number of hydrogen-bond acceptors (Lipinski definition) is 4. The highest BCUT2D eigenvalue weighted by Gasteiger charge is 2.11. The number of aliphatic hydroxyl groups is 1. The topological polar surface area (TPSA) is 79.5 Å². The molecule has 0 aliphatic heterocycles. The Hall–Kier alpha value is -1.46. The monoisotopic (exact) mass is 209 g/mol. The van der Waals surface area contributed by atoms with Crippen molar-refractivity contribution in [2.24, 2.45) is 5.73 Å². The van der Waals surface area contributed by atoms with E-state index in [1.54, 1.807) is 25.4 Å². The van der Waals surface area contributed by atoms with Crippen LogP contribution in [0.15, 0.2) is 18.3 Å². The van der Waals surface area contributed by atoms with Crippen molar-refractivity contribution in [2.75, 3.05) is 20.2 Å². The predicted octanol–water partition coefficient (Wildman–Crippen LogP) is -0.395. The number of carbonyl (C=O) groups is 1. The Morgan fingerprint density at radius 1 is 1.60 bits per heavy atom. The van der Waals surface area contributed by atoms with Crippen LogP contribution in [-0.4, -0.2) is 41.1 Å². The van der Waals surface area contributed by atoms with E-state index in [4.69, 9.17) is 10.8 Å². The quantitative estimate of drug-likeness (QED) is 0.707. The summed E-state index contributed by atoms with van der Waals surface area (Å²) in [7, 11) is 1.62. The number of carbonyl (C=O) groups excluding carboxylic acids is 1. The van der Waals surface area contributed by atoms with Gasteiger partial charge in [0.2, 0.25) is 0 Å². The minimum absolute atomic E-state index is 0.0525. The Balaban J connectivity index is 2.73. The lowest BCUT2D eigenvalue weighted by Crippen LogP contribution is -2.30. The van der Waals surface area contributed by atoms with Gasteiger partial charge in [0, 0.05) is 26.3 Å². The number of likely N-dealkylation sites (N-methyl/N-ethyl adjacent to an activating group) is 1. The number of pyridine rings is 1. The van der Waals surface area contributed by atoms with E-state index in [0.29, 0.717) is 18.8 Å². The molecule has 5 nitrogen and oxygen atoms in total. The van der Waals surface area contributed by atoms with Crippen molar-refractivity contribution in [1.82, 2.24) is 9.88 Å². The second-order valence-corrected chi connectivity index (χ2v) is 3.21. The van der Waals surface area contributed by atoms with Crippen molar-refractivity contribution in [3.63, 3.8) is 0 Å². The van der Waals surface area contributed by atoms with E-state index in [1.165, 1.54) is 4.90 Å². The van der Waals surface area contributed by atoms with E-state index in [9.17, 15) is 4.79 Å². The van der Waals surface area contributed by atoms with Crippen LogP contribution >= 0.6 is 0 Å². The first-order valence-electron chi connectivity index (χ1n) is 4.70. The molecule has 0 atom stereocenters. The van der Waals surface area contributed by atoms with Gasteiger partial charge < -0.3 is 15.7 Å². The lowest BCUT2D eigenvalue weighted by Gasteiger charge is -2.14. The Labute approximate surface area is 88.5 Å². The molecule has 5 heteroatoms. The number of aromatic nitrogens is 1. The van der Waals surface area contributed by atoms with Crippen LogP contribution in [0.25, 0.3) is 0 Å². The fourth-order valence-electron chi connectivity index (χ4n) is 1.12. The first-order chi connectivity index (χ1) is 7.19. The van der Waals surface area contributed by atoms with Crippen LogP contribution in [-0.2, 0) is 6.54 Å². The number of hydrogen-bond donors (Lipinski definition) is 2. The predicted molar refractivity (Wildman–Crippen MR) is 56.2 cm³/mol. The standard InChI is InChI=1S/C10H15N3O2/c1-13(4-5-14)10(15)9-3-2-8(6-11)7-12-9/h2-3,7,14H,4-6,11H2,1H3. The van der Waals surface area contributed by atoms with Crippen molar-refractivity contribution >= 4 is 5.91 Å². The van der Waals surface area contributed by atoms with Gasteiger partial charge in [0.25, 0.3) is 5.91 Å². The molecule has 0 saturated heterocycles. The molecule has 0 spiro atoms. The number of rotatable bonds is 4. The third kappa shape index (κ3) is 3.00. The third-order valence-corrected chi connectivity index (χ3v) is 2.06. The Bertz CT molecular complexity index is 324. The van der Waals surface area contributed by atoms with Crippen LogP contribution in [0.3, 0.4) is 0 Å². The average Bonchev–Trinajstić information content (AvgIpc) is 2.28.